The Morgan fingerprint density at radius 3 is 2.56 bits per heavy atom. The fraction of sp³-hybridized carbons (Fsp3) is 0.0833. The van der Waals surface area contributed by atoms with Crippen LogP contribution in [0.3, 0.4) is 0 Å². The number of anilines is 3. The minimum Gasteiger partial charge on any atom is -0.396 e. The van der Waals surface area contributed by atoms with E-state index in [0.717, 1.165) is 11.3 Å². The first-order valence-corrected chi connectivity index (χ1v) is 5.28. The topological polar surface area (TPSA) is 50.9 Å². The van der Waals surface area contributed by atoms with E-state index in [4.69, 9.17) is 17.3 Å². The zero-order chi connectivity index (χ0) is 11.5. The highest BCUT2D eigenvalue weighted by molar-refractivity contribution is 6.30. The molecule has 0 aliphatic heterocycles. The lowest BCUT2D eigenvalue weighted by atomic mass is 10.2. The van der Waals surface area contributed by atoms with Crippen LogP contribution in [-0.4, -0.2) is 4.98 Å². The van der Waals surface area contributed by atoms with Crippen LogP contribution in [0, 0.1) is 6.92 Å². The molecule has 0 unspecified atom stereocenters. The lowest BCUT2D eigenvalue weighted by Crippen LogP contribution is -2.00. The molecule has 1 aromatic carbocycles. The molecule has 0 amide bonds. The van der Waals surface area contributed by atoms with Crippen molar-refractivity contribution in [2.75, 3.05) is 11.1 Å². The van der Waals surface area contributed by atoms with E-state index < -0.39 is 0 Å². The van der Waals surface area contributed by atoms with Gasteiger partial charge in [-0.05, 0) is 42.8 Å². The number of benzene rings is 1. The van der Waals surface area contributed by atoms with E-state index in [0.29, 0.717) is 16.5 Å². The molecule has 1 aromatic heterocycles. The van der Waals surface area contributed by atoms with Gasteiger partial charge in [0.1, 0.15) is 0 Å². The van der Waals surface area contributed by atoms with Gasteiger partial charge in [0.2, 0.25) is 0 Å². The first kappa shape index (κ1) is 10.8. The summed E-state index contributed by atoms with van der Waals surface area (Å²) < 4.78 is 0. The molecular weight excluding hydrogens is 222 g/mol. The molecule has 0 saturated carbocycles. The number of pyridine rings is 1. The molecule has 0 atom stereocenters. The second kappa shape index (κ2) is 4.41. The van der Waals surface area contributed by atoms with Gasteiger partial charge in [0.05, 0.1) is 5.69 Å². The molecule has 16 heavy (non-hydrogen) atoms. The normalized spacial score (nSPS) is 10.1. The van der Waals surface area contributed by atoms with Gasteiger partial charge in [-0.15, -0.1) is 0 Å². The van der Waals surface area contributed by atoms with Crippen LogP contribution in [0.25, 0.3) is 0 Å². The van der Waals surface area contributed by atoms with Crippen molar-refractivity contribution in [2.24, 2.45) is 0 Å². The number of rotatable bonds is 2. The lowest BCUT2D eigenvalue weighted by molar-refractivity contribution is 1.28. The third-order valence-electron chi connectivity index (χ3n) is 2.32. The summed E-state index contributed by atoms with van der Waals surface area (Å²) in [4.78, 5) is 4.19. The fourth-order valence-corrected chi connectivity index (χ4v) is 1.47. The molecule has 2 aromatic rings. The molecule has 0 saturated heterocycles. The van der Waals surface area contributed by atoms with Crippen LogP contribution in [0.1, 0.15) is 5.56 Å². The van der Waals surface area contributed by atoms with Crippen LogP contribution in [0.2, 0.25) is 5.02 Å². The lowest BCUT2D eigenvalue weighted by Gasteiger charge is -2.09. The number of hydrogen-bond donors (Lipinski definition) is 2. The van der Waals surface area contributed by atoms with Gasteiger partial charge in [0, 0.05) is 16.9 Å². The number of halogens is 1. The Kier molecular flexibility index (Phi) is 2.97. The second-order valence-electron chi connectivity index (χ2n) is 3.52. The number of nitrogens with two attached hydrogens (primary N) is 1. The average molecular weight is 234 g/mol. The Balaban J connectivity index is 2.27. The minimum absolute atomic E-state index is 0.664. The van der Waals surface area contributed by atoms with Crippen molar-refractivity contribution in [3.05, 3.63) is 47.1 Å². The summed E-state index contributed by atoms with van der Waals surface area (Å²) >= 11 is 5.80. The molecule has 0 fully saturated rings. The summed E-state index contributed by atoms with van der Waals surface area (Å²) in [5, 5.41) is 3.85. The molecule has 1 heterocycles. The van der Waals surface area contributed by atoms with Crippen molar-refractivity contribution in [3.63, 3.8) is 0 Å². The molecule has 0 spiro atoms. The molecule has 0 aliphatic rings. The van der Waals surface area contributed by atoms with Gasteiger partial charge >= 0.3 is 0 Å². The SMILES string of the molecule is Cc1ccnc(Nc2ccc(Cl)cc2)c1N. The van der Waals surface area contributed by atoms with Gasteiger partial charge in [0.25, 0.3) is 0 Å². The van der Waals surface area contributed by atoms with Crippen molar-refractivity contribution in [1.82, 2.24) is 4.98 Å². The highest BCUT2D eigenvalue weighted by atomic mass is 35.5. The second-order valence-corrected chi connectivity index (χ2v) is 3.96. The zero-order valence-corrected chi connectivity index (χ0v) is 9.62. The van der Waals surface area contributed by atoms with Crippen LogP contribution in [-0.2, 0) is 0 Å². The molecule has 2 rings (SSSR count). The van der Waals surface area contributed by atoms with Crippen molar-refractivity contribution in [1.29, 1.82) is 0 Å². The third-order valence-corrected chi connectivity index (χ3v) is 2.57. The van der Waals surface area contributed by atoms with Crippen molar-refractivity contribution < 1.29 is 0 Å². The average Bonchev–Trinajstić information content (AvgIpc) is 2.28. The number of aromatic nitrogens is 1. The number of aryl methyl sites for hydroxylation is 1. The molecule has 0 radical (unpaired) electrons. The molecule has 0 aliphatic carbocycles. The predicted octanol–water partition coefficient (Wildman–Crippen LogP) is 3.37. The summed E-state index contributed by atoms with van der Waals surface area (Å²) in [5.74, 6) is 0.669. The summed E-state index contributed by atoms with van der Waals surface area (Å²) in [7, 11) is 0. The van der Waals surface area contributed by atoms with E-state index >= 15 is 0 Å². The van der Waals surface area contributed by atoms with Gasteiger partial charge in [0.15, 0.2) is 5.82 Å². The zero-order valence-electron chi connectivity index (χ0n) is 8.87. The smallest absolute Gasteiger partial charge is 0.153 e. The maximum Gasteiger partial charge on any atom is 0.153 e. The first-order valence-electron chi connectivity index (χ1n) is 4.90. The van der Waals surface area contributed by atoms with Crippen LogP contribution in [0.5, 0.6) is 0 Å². The molecule has 0 bridgehead atoms. The van der Waals surface area contributed by atoms with Gasteiger partial charge in [-0.2, -0.15) is 0 Å². The Bertz CT molecular complexity index is 494. The molecular formula is C12H12ClN3. The van der Waals surface area contributed by atoms with E-state index in [9.17, 15) is 0 Å². The van der Waals surface area contributed by atoms with E-state index in [2.05, 4.69) is 10.3 Å². The Hall–Kier alpha value is -1.74. The van der Waals surface area contributed by atoms with Crippen LogP contribution < -0.4 is 11.1 Å². The van der Waals surface area contributed by atoms with E-state index in [1.54, 1.807) is 6.20 Å². The number of nitrogens with one attached hydrogen (secondary N) is 1. The highest BCUT2D eigenvalue weighted by Crippen LogP contribution is 2.23. The predicted molar refractivity (Wildman–Crippen MR) is 68.1 cm³/mol. The van der Waals surface area contributed by atoms with E-state index in [-0.39, 0.29) is 0 Å². The third kappa shape index (κ3) is 2.25. The highest BCUT2D eigenvalue weighted by Gasteiger charge is 2.03. The Morgan fingerprint density at radius 1 is 1.19 bits per heavy atom. The summed E-state index contributed by atoms with van der Waals surface area (Å²) in [6.45, 7) is 1.95. The monoisotopic (exact) mass is 233 g/mol. The van der Waals surface area contributed by atoms with E-state index in [1.807, 2.05) is 37.3 Å². The van der Waals surface area contributed by atoms with Gasteiger partial charge in [-0.1, -0.05) is 11.6 Å². The maximum absolute atomic E-state index is 5.91. The molecule has 4 heteroatoms. The maximum atomic E-state index is 5.91. The summed E-state index contributed by atoms with van der Waals surface area (Å²) in [6.07, 6.45) is 1.73. The molecule has 3 N–H and O–H groups in total. The van der Waals surface area contributed by atoms with Crippen LogP contribution in [0.4, 0.5) is 17.2 Å². The summed E-state index contributed by atoms with van der Waals surface area (Å²) in [5.41, 5.74) is 8.49. The van der Waals surface area contributed by atoms with Crippen molar-refractivity contribution in [3.8, 4) is 0 Å². The standard InChI is InChI=1S/C12H12ClN3/c1-8-6-7-15-12(11(8)14)16-10-4-2-9(13)3-5-10/h2-7H,14H2,1H3,(H,15,16). The Morgan fingerprint density at radius 2 is 1.88 bits per heavy atom. The fourth-order valence-electron chi connectivity index (χ4n) is 1.34. The quantitative estimate of drug-likeness (QED) is 0.836. The Labute approximate surface area is 99.3 Å². The van der Waals surface area contributed by atoms with Crippen LogP contribution >= 0.6 is 11.6 Å². The van der Waals surface area contributed by atoms with Crippen LogP contribution in [0.15, 0.2) is 36.5 Å². The molecule has 3 nitrogen and oxygen atoms in total. The summed E-state index contributed by atoms with van der Waals surface area (Å²) in [6, 6.07) is 9.27. The van der Waals surface area contributed by atoms with Crippen molar-refractivity contribution >= 4 is 28.8 Å². The first-order chi connectivity index (χ1) is 7.66. The largest absolute Gasteiger partial charge is 0.396 e. The number of hydrogen-bond acceptors (Lipinski definition) is 3. The molecule has 82 valence electrons. The number of nitrogen functional groups attached to an aromatic ring is 1. The number of nitrogens with zero attached hydrogens (tertiary/aromatic N) is 1. The van der Waals surface area contributed by atoms with Gasteiger partial charge < -0.3 is 11.1 Å². The van der Waals surface area contributed by atoms with E-state index in [1.165, 1.54) is 0 Å². The van der Waals surface area contributed by atoms with Gasteiger partial charge in [-0.3, -0.25) is 0 Å². The van der Waals surface area contributed by atoms with Crippen molar-refractivity contribution in [2.45, 2.75) is 6.92 Å². The minimum atomic E-state index is 0.664. The van der Waals surface area contributed by atoms with Gasteiger partial charge in [-0.25, -0.2) is 4.98 Å².